The zero-order chi connectivity index (χ0) is 51.5. The fraction of sp³-hybridized carbons (Fsp3) is 0.0317. The SMILES string of the molecule is CC(=O)C=C(C)O.O=CO[O-].[H-].[Ir].[Ir].[K+].[K+].[c-]1ccccc1-c1nccc2sc(-c3ccccc3)cc12.[c-]1ccccc1-c1nccc2sc(-c3ccccc3)cc12.c1ccc(-c2cc3c(-c4ccccc4)nccc3s2)cc1. The Morgan fingerprint density at radius 2 is 0.808 bits per heavy atom. The maximum atomic E-state index is 10.0. The van der Waals surface area contributed by atoms with Crippen LogP contribution in [0.5, 0.6) is 0 Å². The quantitative estimate of drug-likeness (QED) is 0.0303. The van der Waals surface area contributed by atoms with E-state index in [0.717, 1.165) is 28.2 Å². The molecule has 12 rings (SSSR count). The van der Waals surface area contributed by atoms with Gasteiger partial charge in [0.25, 0.3) is 6.47 Å². The summed E-state index contributed by atoms with van der Waals surface area (Å²) in [6.07, 6.45) is 6.82. The first kappa shape index (κ1) is 66.4. The topological polar surface area (TPSA) is 125 Å². The summed E-state index contributed by atoms with van der Waals surface area (Å²) in [7, 11) is 0. The van der Waals surface area contributed by atoms with Crippen molar-refractivity contribution < 1.29 is 169 Å². The maximum Gasteiger partial charge on any atom is 1.00 e. The molecule has 6 heterocycles. The van der Waals surface area contributed by atoms with Gasteiger partial charge in [-0.1, -0.05) is 121 Å². The molecule has 6 aromatic heterocycles. The van der Waals surface area contributed by atoms with Gasteiger partial charge >= 0.3 is 103 Å². The van der Waals surface area contributed by atoms with E-state index >= 15 is 0 Å². The van der Waals surface area contributed by atoms with Gasteiger partial charge in [0.2, 0.25) is 0 Å². The summed E-state index contributed by atoms with van der Waals surface area (Å²) in [5, 5.41) is 20.4. The minimum atomic E-state index is -0.181. The number of carbonyl (C=O) groups excluding carboxylic acids is 2. The van der Waals surface area contributed by atoms with E-state index in [4.69, 9.17) is 15.2 Å². The molecule has 0 amide bonds. The number of aliphatic hydroxyl groups excluding tert-OH is 1. The molecule has 0 bridgehead atoms. The molecular formula is C63H47Ir2K2N3O5S3-2. The second kappa shape index (κ2) is 34.9. The van der Waals surface area contributed by atoms with Crippen LogP contribution in [0.25, 0.3) is 95.4 Å². The summed E-state index contributed by atoms with van der Waals surface area (Å²) in [6, 6.07) is 77.4. The third kappa shape index (κ3) is 18.7. The molecule has 6 aromatic carbocycles. The molecule has 1 N–H and O–H groups in total. The number of ketones is 1. The van der Waals surface area contributed by atoms with Gasteiger partial charge in [0, 0.05) is 105 Å². The molecule has 0 aliphatic rings. The number of hydrogen-bond acceptors (Lipinski definition) is 11. The molecule has 12 aromatic rings. The van der Waals surface area contributed by atoms with Crippen LogP contribution in [0.3, 0.4) is 0 Å². The van der Waals surface area contributed by atoms with Crippen molar-refractivity contribution in [3.63, 3.8) is 0 Å². The van der Waals surface area contributed by atoms with Crippen molar-refractivity contribution >= 4 is 76.5 Å². The molecule has 78 heavy (non-hydrogen) atoms. The van der Waals surface area contributed by atoms with Crippen molar-refractivity contribution in [2.45, 2.75) is 13.8 Å². The summed E-state index contributed by atoms with van der Waals surface area (Å²) in [6.45, 7) is 2.67. The molecule has 8 nitrogen and oxygen atoms in total. The summed E-state index contributed by atoms with van der Waals surface area (Å²) in [5.74, 6) is -0.0625. The fourth-order valence-corrected chi connectivity index (χ4v) is 10.9. The van der Waals surface area contributed by atoms with E-state index in [-0.39, 0.29) is 162 Å². The van der Waals surface area contributed by atoms with Crippen LogP contribution < -0.4 is 108 Å². The molecule has 0 spiro atoms. The largest absolute Gasteiger partial charge is 1.00 e. The number of aliphatic hydroxyl groups is 1. The van der Waals surface area contributed by atoms with Crippen LogP contribution in [-0.2, 0) is 54.7 Å². The van der Waals surface area contributed by atoms with Crippen molar-refractivity contribution in [2.24, 2.45) is 0 Å². The van der Waals surface area contributed by atoms with E-state index < -0.39 is 0 Å². The molecule has 0 atom stereocenters. The van der Waals surface area contributed by atoms with E-state index in [2.05, 4.69) is 178 Å². The number of benzene rings is 6. The van der Waals surface area contributed by atoms with Crippen LogP contribution in [0.2, 0.25) is 0 Å². The number of allylic oxidation sites excluding steroid dienone is 2. The average molecular weight is 1480 g/mol. The summed E-state index contributed by atoms with van der Waals surface area (Å²) in [5.41, 5.74) is 10.1. The van der Waals surface area contributed by atoms with Gasteiger partial charge in [-0.05, 0) is 89.1 Å². The number of fused-ring (bicyclic) bond motifs is 3. The van der Waals surface area contributed by atoms with Crippen molar-refractivity contribution in [3.8, 4) is 65.1 Å². The number of nitrogens with zero attached hydrogens (tertiary/aromatic N) is 3. The first-order chi connectivity index (χ1) is 36.3. The molecule has 2 radical (unpaired) electrons. The molecule has 0 fully saturated rings. The van der Waals surface area contributed by atoms with Crippen molar-refractivity contribution in [1.29, 1.82) is 0 Å². The van der Waals surface area contributed by atoms with Crippen LogP contribution in [-0.4, -0.2) is 32.3 Å². The predicted octanol–water partition coefficient (Wildman–Crippen LogP) is 10.1. The third-order valence-corrected chi connectivity index (χ3v) is 14.4. The molecule has 0 aliphatic carbocycles. The molecule has 384 valence electrons. The Morgan fingerprint density at radius 1 is 0.500 bits per heavy atom. The smallest absolute Gasteiger partial charge is 1.00 e. The molecule has 0 unspecified atom stereocenters. The zero-order valence-corrected chi connectivity index (χ0v) is 56.3. The third-order valence-electron chi connectivity index (χ3n) is 10.9. The number of thiophene rings is 3. The Labute approximate surface area is 579 Å². The number of pyridine rings is 3. The fourth-order valence-electron chi connectivity index (χ4n) is 7.75. The first-order valence-electron chi connectivity index (χ1n) is 23.2. The second-order valence-electron chi connectivity index (χ2n) is 16.2. The van der Waals surface area contributed by atoms with E-state index in [1.54, 1.807) is 22.7 Å². The summed E-state index contributed by atoms with van der Waals surface area (Å²) in [4.78, 5) is 38.8. The molecule has 0 aliphatic heterocycles. The van der Waals surface area contributed by atoms with Gasteiger partial charge in [0.15, 0.2) is 5.78 Å². The van der Waals surface area contributed by atoms with Gasteiger partial charge in [-0.2, -0.15) is 0 Å². The van der Waals surface area contributed by atoms with Gasteiger partial charge in [-0.25, -0.2) is 0 Å². The maximum absolute atomic E-state index is 10.0. The number of rotatable bonds is 8. The van der Waals surface area contributed by atoms with Crippen molar-refractivity contribution in [3.05, 3.63) is 249 Å². The predicted molar refractivity (Wildman–Crippen MR) is 304 cm³/mol. The minimum Gasteiger partial charge on any atom is -1.00 e. The Kier molecular flexibility index (Phi) is 29.7. The van der Waals surface area contributed by atoms with Gasteiger partial charge in [0.05, 0.1) is 11.5 Å². The van der Waals surface area contributed by atoms with E-state index in [9.17, 15) is 4.79 Å². The first-order valence-corrected chi connectivity index (χ1v) is 25.7. The Hall–Kier alpha value is -4.14. The van der Waals surface area contributed by atoms with Gasteiger partial charge in [-0.15, -0.1) is 106 Å². The monoisotopic (exact) mass is 1490 g/mol. The van der Waals surface area contributed by atoms with Crippen LogP contribution >= 0.6 is 34.0 Å². The standard InChI is InChI=1S/C19H13NS.2C19H12NS.C5H8O2.CH2O3.2Ir.2K.H/c3*1-3-7-14(8-4-1)18-13-16-17(21-18)11-12-20-19(16)15-9-5-2-6-10-15;1-4(6)3-5(2)7;2-1-4-3;;;;;/h1-13H;2*1-9,11-13H;3,6H,1-2H3;1,3H;;;;;/q;2*-1;;;;;2*+1;-1/p-1. The molecule has 0 saturated heterocycles. The summed E-state index contributed by atoms with van der Waals surface area (Å²) >= 11 is 5.43. The molecular weight excluding hydrogens is 1440 g/mol. The van der Waals surface area contributed by atoms with E-state index in [1.165, 1.54) is 87.1 Å². The van der Waals surface area contributed by atoms with Gasteiger partial charge in [-0.3, -0.25) is 14.6 Å². The Balaban J connectivity index is 0.000000276. The zero-order valence-electron chi connectivity index (χ0n) is 43.8. The normalized spacial score (nSPS) is 10.1. The number of carbonyl (C=O) groups is 2. The van der Waals surface area contributed by atoms with Gasteiger partial charge in [0.1, 0.15) is 0 Å². The minimum absolute atomic E-state index is 0. The average Bonchev–Trinajstić information content (AvgIpc) is 4.30. The Morgan fingerprint density at radius 3 is 1.09 bits per heavy atom. The number of aromatic nitrogens is 3. The van der Waals surface area contributed by atoms with Crippen LogP contribution in [0.1, 0.15) is 15.3 Å². The summed E-state index contributed by atoms with van der Waals surface area (Å²) < 4.78 is 3.80. The van der Waals surface area contributed by atoms with Crippen LogP contribution in [0.15, 0.2) is 237 Å². The van der Waals surface area contributed by atoms with Gasteiger partial charge < -0.3 is 26.6 Å². The van der Waals surface area contributed by atoms with Crippen molar-refractivity contribution in [1.82, 2.24) is 15.0 Å². The second-order valence-corrected chi connectivity index (χ2v) is 19.4. The molecule has 0 saturated carbocycles. The van der Waals surface area contributed by atoms with E-state index in [0.29, 0.717) is 0 Å². The molecule has 15 heteroatoms. The van der Waals surface area contributed by atoms with Crippen LogP contribution in [0.4, 0.5) is 0 Å². The van der Waals surface area contributed by atoms with Crippen LogP contribution in [0, 0.1) is 12.1 Å². The van der Waals surface area contributed by atoms with Crippen molar-refractivity contribution in [2.75, 3.05) is 0 Å². The number of hydrogen-bond donors (Lipinski definition) is 1. The Bertz CT molecular complexity index is 3380. The van der Waals surface area contributed by atoms with E-state index in [1.807, 2.05) is 90.6 Å².